The number of hydrogen-bond donors (Lipinski definition) is 1. The minimum Gasteiger partial charge on any atom is -0.352 e. The Kier molecular flexibility index (Phi) is 10.0. The lowest BCUT2D eigenvalue weighted by atomic mass is 9.95. The molecule has 0 radical (unpaired) electrons. The number of carbonyl (C=O) groups excluding carboxylic acids is 2. The van der Waals surface area contributed by atoms with E-state index in [1.54, 1.807) is 49.4 Å². The highest BCUT2D eigenvalue weighted by Crippen LogP contribution is 2.29. The summed E-state index contributed by atoms with van der Waals surface area (Å²) in [6.45, 7) is 6.41. The molecule has 3 aromatic rings. The van der Waals surface area contributed by atoms with Crippen molar-refractivity contribution in [1.82, 2.24) is 10.2 Å². The van der Waals surface area contributed by atoms with Crippen LogP contribution < -0.4 is 9.62 Å². The first kappa shape index (κ1) is 31.2. The molecule has 1 unspecified atom stereocenters. The molecule has 0 heterocycles. The Bertz CT molecular complexity index is 1520. The highest BCUT2D eigenvalue weighted by molar-refractivity contribution is 7.92. The normalized spacial score (nSPS) is 14.7. The fourth-order valence-corrected chi connectivity index (χ4v) is 6.79. The number of sulfonamides is 1. The van der Waals surface area contributed by atoms with Crippen molar-refractivity contribution in [1.29, 1.82) is 0 Å². The smallest absolute Gasteiger partial charge is 0.264 e. The van der Waals surface area contributed by atoms with Crippen molar-refractivity contribution in [2.24, 2.45) is 0 Å². The Hall–Kier alpha value is -3.72. The molecule has 1 aliphatic rings. The number of carbonyl (C=O) groups is 2. The number of nitrogens with one attached hydrogen (secondary N) is 1. The fraction of sp³-hybridized carbons (Fsp3) is 0.394. The number of aryl methyl sites for hydroxylation is 2. The van der Waals surface area contributed by atoms with Crippen LogP contribution in [0.1, 0.15) is 61.3 Å². The fourth-order valence-electron chi connectivity index (χ4n) is 5.32. The standard InChI is InChI=1S/C33H40FN3O4S/c1-23-17-19-29(20-18-23)42(40,41)37(31-16-10-11-24(2)25(31)3)22-32(38)36(21-27-12-8-9-15-30(27)34)26(4)33(39)35-28-13-6-5-7-14-28/h8-12,15-20,26,28H,5-7,13-14,21-22H2,1-4H3,(H,35,39). The van der Waals surface area contributed by atoms with Crippen molar-refractivity contribution in [3.63, 3.8) is 0 Å². The maximum atomic E-state index is 14.8. The Labute approximate surface area is 248 Å². The van der Waals surface area contributed by atoms with E-state index in [4.69, 9.17) is 0 Å². The van der Waals surface area contributed by atoms with Crippen LogP contribution in [0.5, 0.6) is 0 Å². The van der Waals surface area contributed by atoms with Gasteiger partial charge in [-0.05, 0) is 75.9 Å². The molecule has 1 saturated carbocycles. The molecule has 1 N–H and O–H groups in total. The van der Waals surface area contributed by atoms with Crippen LogP contribution in [0.3, 0.4) is 0 Å². The second-order valence-corrected chi connectivity index (χ2v) is 13.0. The predicted molar refractivity (Wildman–Crippen MR) is 163 cm³/mol. The van der Waals surface area contributed by atoms with E-state index < -0.39 is 34.3 Å². The van der Waals surface area contributed by atoms with Gasteiger partial charge in [-0.1, -0.05) is 67.3 Å². The Morgan fingerprint density at radius 1 is 0.929 bits per heavy atom. The molecule has 3 aromatic carbocycles. The van der Waals surface area contributed by atoms with Gasteiger partial charge in [0.2, 0.25) is 11.8 Å². The van der Waals surface area contributed by atoms with Crippen LogP contribution in [0.2, 0.25) is 0 Å². The van der Waals surface area contributed by atoms with Gasteiger partial charge in [-0.25, -0.2) is 12.8 Å². The molecule has 0 spiro atoms. The van der Waals surface area contributed by atoms with Gasteiger partial charge in [0.05, 0.1) is 10.6 Å². The average molecular weight is 594 g/mol. The first-order chi connectivity index (χ1) is 20.0. The van der Waals surface area contributed by atoms with E-state index >= 15 is 0 Å². The minimum absolute atomic E-state index is 0.0208. The molecule has 1 aliphatic carbocycles. The number of benzene rings is 3. The summed E-state index contributed by atoms with van der Waals surface area (Å²) < 4.78 is 44.0. The van der Waals surface area contributed by atoms with Gasteiger partial charge in [-0.3, -0.25) is 13.9 Å². The maximum absolute atomic E-state index is 14.8. The van der Waals surface area contributed by atoms with Crippen molar-refractivity contribution in [2.75, 3.05) is 10.8 Å². The Balaban J connectivity index is 1.72. The SMILES string of the molecule is Cc1ccc(S(=O)(=O)N(CC(=O)N(Cc2ccccc2F)C(C)C(=O)NC2CCCCC2)c2cccc(C)c2C)cc1. The molecule has 4 rings (SSSR count). The molecular weight excluding hydrogens is 553 g/mol. The van der Waals surface area contributed by atoms with E-state index in [0.717, 1.165) is 47.5 Å². The number of anilines is 1. The van der Waals surface area contributed by atoms with Crippen molar-refractivity contribution >= 4 is 27.5 Å². The molecule has 7 nitrogen and oxygen atoms in total. The van der Waals surface area contributed by atoms with Gasteiger partial charge in [0, 0.05) is 18.2 Å². The summed E-state index contributed by atoms with van der Waals surface area (Å²) in [6.07, 6.45) is 4.92. The third-order valence-corrected chi connectivity index (χ3v) is 9.92. The zero-order chi connectivity index (χ0) is 30.4. The molecule has 42 heavy (non-hydrogen) atoms. The van der Waals surface area contributed by atoms with Crippen LogP contribution in [-0.2, 0) is 26.2 Å². The Morgan fingerprint density at radius 3 is 2.26 bits per heavy atom. The van der Waals surface area contributed by atoms with E-state index in [2.05, 4.69) is 5.32 Å². The van der Waals surface area contributed by atoms with Crippen LogP contribution in [0.15, 0.2) is 71.6 Å². The topological polar surface area (TPSA) is 86.8 Å². The predicted octanol–water partition coefficient (Wildman–Crippen LogP) is 5.81. The number of hydrogen-bond acceptors (Lipinski definition) is 4. The lowest BCUT2D eigenvalue weighted by Gasteiger charge is -2.33. The van der Waals surface area contributed by atoms with Gasteiger partial charge < -0.3 is 10.2 Å². The molecule has 0 aromatic heterocycles. The first-order valence-corrected chi connectivity index (χ1v) is 15.9. The van der Waals surface area contributed by atoms with Crippen molar-refractivity contribution in [3.05, 3.63) is 94.8 Å². The second-order valence-electron chi connectivity index (χ2n) is 11.2. The Morgan fingerprint density at radius 2 is 1.60 bits per heavy atom. The maximum Gasteiger partial charge on any atom is 0.264 e. The second kappa shape index (κ2) is 13.5. The van der Waals surface area contributed by atoms with Crippen LogP contribution in [0.4, 0.5) is 10.1 Å². The van der Waals surface area contributed by atoms with Crippen LogP contribution in [0.25, 0.3) is 0 Å². The van der Waals surface area contributed by atoms with Crippen LogP contribution in [-0.4, -0.2) is 43.8 Å². The molecule has 1 atom stereocenters. The summed E-state index contributed by atoms with van der Waals surface area (Å²) in [5, 5.41) is 3.06. The quantitative estimate of drug-likeness (QED) is 0.321. The highest BCUT2D eigenvalue weighted by Gasteiger charge is 2.34. The van der Waals surface area contributed by atoms with Crippen LogP contribution >= 0.6 is 0 Å². The zero-order valence-electron chi connectivity index (χ0n) is 24.8. The summed E-state index contributed by atoms with van der Waals surface area (Å²) in [7, 11) is -4.18. The van der Waals surface area contributed by atoms with E-state index in [9.17, 15) is 22.4 Å². The molecular formula is C33H40FN3O4S. The van der Waals surface area contributed by atoms with E-state index in [1.165, 1.54) is 23.1 Å². The van der Waals surface area contributed by atoms with Crippen molar-refractivity contribution in [3.8, 4) is 0 Å². The molecule has 2 amide bonds. The van der Waals surface area contributed by atoms with Gasteiger partial charge in [0.15, 0.2) is 0 Å². The molecule has 0 saturated heterocycles. The van der Waals surface area contributed by atoms with E-state index in [0.29, 0.717) is 11.3 Å². The monoisotopic (exact) mass is 593 g/mol. The summed E-state index contributed by atoms with van der Waals surface area (Å²) in [4.78, 5) is 28.9. The molecule has 224 valence electrons. The first-order valence-electron chi connectivity index (χ1n) is 14.5. The summed E-state index contributed by atoms with van der Waals surface area (Å²) in [5.41, 5.74) is 3.09. The molecule has 0 bridgehead atoms. The van der Waals surface area contributed by atoms with Gasteiger partial charge in [0.25, 0.3) is 10.0 Å². The summed E-state index contributed by atoms with van der Waals surface area (Å²) in [5.74, 6) is -1.46. The lowest BCUT2D eigenvalue weighted by molar-refractivity contribution is -0.139. The number of amides is 2. The largest absolute Gasteiger partial charge is 0.352 e. The average Bonchev–Trinajstić information content (AvgIpc) is 2.97. The third-order valence-electron chi connectivity index (χ3n) is 8.15. The van der Waals surface area contributed by atoms with Gasteiger partial charge in [0.1, 0.15) is 18.4 Å². The van der Waals surface area contributed by atoms with Gasteiger partial charge >= 0.3 is 0 Å². The van der Waals surface area contributed by atoms with E-state index in [-0.39, 0.29) is 29.0 Å². The molecule has 0 aliphatic heterocycles. The lowest BCUT2D eigenvalue weighted by Crippen LogP contribution is -2.53. The zero-order valence-corrected chi connectivity index (χ0v) is 25.6. The highest BCUT2D eigenvalue weighted by atomic mass is 32.2. The molecule has 1 fully saturated rings. The van der Waals surface area contributed by atoms with Crippen molar-refractivity contribution in [2.45, 2.75) is 83.3 Å². The number of halogens is 1. The molecule has 9 heteroatoms. The number of nitrogens with zero attached hydrogens (tertiary/aromatic N) is 2. The van der Waals surface area contributed by atoms with Crippen LogP contribution in [0, 0.1) is 26.6 Å². The number of rotatable bonds is 10. The van der Waals surface area contributed by atoms with Gasteiger partial charge in [-0.15, -0.1) is 0 Å². The van der Waals surface area contributed by atoms with E-state index in [1.807, 2.05) is 26.8 Å². The summed E-state index contributed by atoms with van der Waals surface area (Å²) >= 11 is 0. The minimum atomic E-state index is -4.18. The van der Waals surface area contributed by atoms with Crippen molar-refractivity contribution < 1.29 is 22.4 Å². The van der Waals surface area contributed by atoms with Gasteiger partial charge in [-0.2, -0.15) is 0 Å². The summed E-state index contributed by atoms with van der Waals surface area (Å²) in [6, 6.07) is 16.9. The third kappa shape index (κ3) is 7.18.